The van der Waals surface area contributed by atoms with Crippen molar-refractivity contribution in [2.45, 2.75) is 51.9 Å². The molecule has 0 aliphatic rings. The van der Waals surface area contributed by atoms with Crippen molar-refractivity contribution in [2.75, 3.05) is 7.05 Å². The van der Waals surface area contributed by atoms with Gasteiger partial charge in [-0.05, 0) is 60.6 Å². The van der Waals surface area contributed by atoms with Crippen molar-refractivity contribution in [3.63, 3.8) is 0 Å². The Labute approximate surface area is 242 Å². The molecule has 3 N–H and O–H groups in total. The molecule has 7 nitrogen and oxygen atoms in total. The van der Waals surface area contributed by atoms with Crippen molar-refractivity contribution >= 4 is 22.7 Å². The van der Waals surface area contributed by atoms with Crippen molar-refractivity contribution in [2.24, 2.45) is 11.8 Å². The number of hydrogen-bond acceptors (Lipinski definition) is 5. The van der Waals surface area contributed by atoms with Gasteiger partial charge in [0.25, 0.3) is 5.91 Å². The zero-order valence-electron chi connectivity index (χ0n) is 23.9. The highest BCUT2D eigenvalue weighted by Crippen LogP contribution is 2.22. The molecule has 0 radical (unpaired) electrons. The van der Waals surface area contributed by atoms with Gasteiger partial charge in [-0.25, -0.2) is 0 Å². The first kappa shape index (κ1) is 29.7. The molecule has 7 heteroatoms. The minimum atomic E-state index is -0.942. The van der Waals surface area contributed by atoms with Crippen LogP contribution >= 0.6 is 0 Å². The molecule has 0 fully saturated rings. The van der Waals surface area contributed by atoms with Crippen molar-refractivity contribution in [3.05, 3.63) is 108 Å². The number of hydrogen-bond donors (Lipinski definition) is 3. The van der Waals surface area contributed by atoms with Gasteiger partial charge >= 0.3 is 0 Å². The number of aromatic nitrogens is 1. The highest BCUT2D eigenvalue weighted by molar-refractivity contribution is 5.97. The van der Waals surface area contributed by atoms with Gasteiger partial charge in [-0.2, -0.15) is 0 Å². The van der Waals surface area contributed by atoms with E-state index in [1.807, 2.05) is 78.9 Å². The van der Waals surface area contributed by atoms with Crippen LogP contribution in [-0.4, -0.2) is 41.1 Å². The Morgan fingerprint density at radius 1 is 0.902 bits per heavy atom. The molecular formula is C34H39N3O4. The summed E-state index contributed by atoms with van der Waals surface area (Å²) in [4.78, 5) is 30.4. The molecule has 0 unspecified atom stereocenters. The topological polar surface area (TPSA) is 101 Å². The first-order valence-electron chi connectivity index (χ1n) is 14.1. The molecule has 4 aromatic rings. The van der Waals surface area contributed by atoms with E-state index in [-0.39, 0.29) is 30.1 Å². The summed E-state index contributed by atoms with van der Waals surface area (Å²) in [5, 5.41) is 18.0. The van der Waals surface area contributed by atoms with Gasteiger partial charge < -0.3 is 20.5 Å². The van der Waals surface area contributed by atoms with Crippen LogP contribution < -0.4 is 15.4 Å². The average molecular weight is 554 g/mol. The number of pyridine rings is 1. The fourth-order valence-corrected chi connectivity index (χ4v) is 4.99. The van der Waals surface area contributed by atoms with Gasteiger partial charge in [-0.1, -0.05) is 74.5 Å². The summed E-state index contributed by atoms with van der Waals surface area (Å²) in [7, 11) is 1.61. The molecule has 0 saturated carbocycles. The second-order valence-electron chi connectivity index (χ2n) is 10.9. The monoisotopic (exact) mass is 553 g/mol. The molecule has 4 rings (SSSR count). The van der Waals surface area contributed by atoms with E-state index in [9.17, 15) is 14.7 Å². The van der Waals surface area contributed by atoms with Crippen LogP contribution in [0.2, 0.25) is 0 Å². The van der Waals surface area contributed by atoms with E-state index in [1.54, 1.807) is 19.3 Å². The van der Waals surface area contributed by atoms with Gasteiger partial charge in [-0.15, -0.1) is 0 Å². The highest BCUT2D eigenvalue weighted by atomic mass is 16.5. The van der Waals surface area contributed by atoms with Crippen LogP contribution in [0.15, 0.2) is 91.1 Å². The smallest absolute Gasteiger partial charge is 0.253 e. The molecule has 214 valence electrons. The van der Waals surface area contributed by atoms with Crippen LogP contribution in [0, 0.1) is 11.8 Å². The average Bonchev–Trinajstić information content (AvgIpc) is 2.99. The molecule has 0 spiro atoms. The zero-order chi connectivity index (χ0) is 29.2. The molecule has 3 atom stereocenters. The Hall–Kier alpha value is -4.23. The number of carbonyl (C=O) groups excluding carboxylic acids is 2. The van der Waals surface area contributed by atoms with Gasteiger partial charge in [0.2, 0.25) is 5.91 Å². The fourth-order valence-electron chi connectivity index (χ4n) is 4.99. The minimum absolute atomic E-state index is 0.110. The molecule has 1 heterocycles. The van der Waals surface area contributed by atoms with Crippen LogP contribution in [0.25, 0.3) is 10.9 Å². The molecule has 0 bridgehead atoms. The van der Waals surface area contributed by atoms with E-state index >= 15 is 0 Å². The van der Waals surface area contributed by atoms with E-state index in [0.717, 1.165) is 27.8 Å². The van der Waals surface area contributed by atoms with E-state index in [4.69, 9.17) is 4.74 Å². The molecule has 1 aromatic heterocycles. The summed E-state index contributed by atoms with van der Waals surface area (Å²) >= 11 is 0. The normalized spacial score (nSPS) is 13.4. The van der Waals surface area contributed by atoms with Crippen molar-refractivity contribution < 1.29 is 19.4 Å². The molecule has 0 aliphatic heterocycles. The van der Waals surface area contributed by atoms with Gasteiger partial charge in [0.1, 0.15) is 12.4 Å². The third kappa shape index (κ3) is 8.63. The number of aliphatic hydroxyl groups is 1. The van der Waals surface area contributed by atoms with Crippen LogP contribution in [0.5, 0.6) is 5.75 Å². The predicted octanol–water partition coefficient (Wildman–Crippen LogP) is 5.31. The Kier molecular flexibility index (Phi) is 10.5. The lowest BCUT2D eigenvalue weighted by Gasteiger charge is -2.28. The van der Waals surface area contributed by atoms with Gasteiger partial charge in [0.15, 0.2) is 0 Å². The number of nitrogens with zero attached hydrogens (tertiary/aromatic N) is 1. The number of amides is 2. The summed E-state index contributed by atoms with van der Waals surface area (Å²) in [5.41, 5.74) is 3.23. The summed E-state index contributed by atoms with van der Waals surface area (Å²) in [5.74, 6) is 0.213. The van der Waals surface area contributed by atoms with Crippen LogP contribution in [0.1, 0.15) is 48.2 Å². The number of carbonyl (C=O) groups is 2. The predicted molar refractivity (Wildman–Crippen MR) is 162 cm³/mol. The quantitative estimate of drug-likeness (QED) is 0.208. The van der Waals surface area contributed by atoms with Gasteiger partial charge in [0.05, 0.1) is 23.2 Å². The zero-order valence-corrected chi connectivity index (χ0v) is 23.9. The lowest BCUT2D eigenvalue weighted by Crippen LogP contribution is -2.46. The molecule has 3 aromatic carbocycles. The molecule has 0 saturated heterocycles. The SMILES string of the molecule is CNC(=O)[C@H](CC(C)C)C[C@H](O)[C@H](Cc1ccc(OCc2ccccc2)cc1)NC(=O)c1cnc2ccccc2c1. The number of para-hydroxylation sites is 1. The largest absolute Gasteiger partial charge is 0.489 e. The number of aliphatic hydroxyl groups excluding tert-OH is 1. The molecule has 41 heavy (non-hydrogen) atoms. The van der Waals surface area contributed by atoms with Crippen LogP contribution in [-0.2, 0) is 17.8 Å². The lowest BCUT2D eigenvalue weighted by molar-refractivity contribution is -0.126. The van der Waals surface area contributed by atoms with Crippen LogP contribution in [0.3, 0.4) is 0 Å². The minimum Gasteiger partial charge on any atom is -0.489 e. The highest BCUT2D eigenvalue weighted by Gasteiger charge is 2.29. The number of fused-ring (bicyclic) bond motifs is 1. The molecular weight excluding hydrogens is 514 g/mol. The Bertz CT molecular complexity index is 1420. The summed E-state index contributed by atoms with van der Waals surface area (Å²) in [6.07, 6.45) is 1.86. The third-order valence-electron chi connectivity index (χ3n) is 7.16. The lowest BCUT2D eigenvalue weighted by atomic mass is 9.87. The maximum absolute atomic E-state index is 13.4. The molecule has 0 aliphatic carbocycles. The maximum atomic E-state index is 13.4. The van der Waals surface area contributed by atoms with E-state index < -0.39 is 12.1 Å². The first-order chi connectivity index (χ1) is 19.8. The van der Waals surface area contributed by atoms with E-state index in [2.05, 4.69) is 29.5 Å². The fraction of sp³-hybridized carbons (Fsp3) is 0.324. The third-order valence-corrected chi connectivity index (χ3v) is 7.16. The first-order valence-corrected chi connectivity index (χ1v) is 14.1. The number of benzene rings is 3. The standard InChI is InChI=1S/C34H39N3O4/c1-23(2)17-27(33(39)35-3)20-32(38)31(37-34(40)28-19-26-11-7-8-12-30(26)36-21-28)18-24-13-15-29(16-14-24)41-22-25-9-5-4-6-10-25/h4-16,19,21,23,27,31-32,38H,17-18,20,22H2,1-3H3,(H,35,39)(H,37,40)/t27-,31+,32+/m1/s1. The summed E-state index contributed by atoms with van der Waals surface area (Å²) < 4.78 is 5.91. The maximum Gasteiger partial charge on any atom is 0.253 e. The van der Waals surface area contributed by atoms with Crippen LogP contribution in [0.4, 0.5) is 0 Å². The Morgan fingerprint density at radius 2 is 1.61 bits per heavy atom. The van der Waals surface area contributed by atoms with Crippen molar-refractivity contribution in [1.29, 1.82) is 0 Å². The number of nitrogens with one attached hydrogen (secondary N) is 2. The second kappa shape index (κ2) is 14.4. The van der Waals surface area contributed by atoms with Crippen molar-refractivity contribution in [3.8, 4) is 5.75 Å². The summed E-state index contributed by atoms with van der Waals surface area (Å²) in [6.45, 7) is 4.57. The number of ether oxygens (including phenoxy) is 1. The van der Waals surface area contributed by atoms with E-state index in [0.29, 0.717) is 25.0 Å². The Morgan fingerprint density at radius 3 is 2.32 bits per heavy atom. The van der Waals surface area contributed by atoms with Gasteiger partial charge in [-0.3, -0.25) is 14.6 Å². The van der Waals surface area contributed by atoms with E-state index in [1.165, 1.54) is 0 Å². The number of rotatable bonds is 13. The van der Waals surface area contributed by atoms with Crippen molar-refractivity contribution in [1.82, 2.24) is 15.6 Å². The molecule has 2 amide bonds. The Balaban J connectivity index is 1.50. The van der Waals surface area contributed by atoms with Gasteiger partial charge in [0, 0.05) is 24.5 Å². The second-order valence-corrected chi connectivity index (χ2v) is 10.9. The summed E-state index contributed by atoms with van der Waals surface area (Å²) in [6, 6.07) is 26.4.